The van der Waals surface area contributed by atoms with Crippen LogP contribution in [0.1, 0.15) is 32.1 Å². The van der Waals surface area contributed by atoms with Crippen molar-refractivity contribution in [3.8, 4) is 0 Å². The monoisotopic (exact) mass is 170 g/mol. The van der Waals surface area contributed by atoms with Gasteiger partial charge in [-0.15, -0.1) is 0 Å². The van der Waals surface area contributed by atoms with Gasteiger partial charge >= 0.3 is 5.97 Å². The Morgan fingerprint density at radius 3 is 2.55 bits per heavy atom. The lowest BCUT2D eigenvalue weighted by Crippen LogP contribution is -2.03. The Morgan fingerprint density at radius 1 is 1.27 bits per heavy atom. The summed E-state index contributed by atoms with van der Waals surface area (Å²) in [5, 5.41) is 10.0. The first-order valence-corrected chi connectivity index (χ1v) is 5.13. The Hall–Kier alpha value is -0.573. The van der Waals surface area contributed by atoms with E-state index in [0.29, 0.717) is 5.57 Å². The van der Waals surface area contributed by atoms with Crippen LogP contribution in [0.3, 0.4) is 0 Å². The summed E-state index contributed by atoms with van der Waals surface area (Å²) < 4.78 is 0. The molecular weight excluding hydrogens is 156 g/mol. The van der Waals surface area contributed by atoms with Crippen LogP contribution in [0, 0.1) is 0 Å². The topological polar surface area (TPSA) is 37.3 Å². The Labute approximate surface area is 69.7 Å². The molecule has 0 atom stereocenters. The van der Waals surface area contributed by atoms with Crippen molar-refractivity contribution in [1.29, 1.82) is 0 Å². The third-order valence-electron chi connectivity index (χ3n) is 2.25. The zero-order valence-corrected chi connectivity index (χ0v) is 8.89. The molecule has 3 heteroatoms. The lowest BCUT2D eigenvalue weighted by Gasteiger charge is -2.01. The molecule has 1 N–H and O–H groups in total. The zero-order valence-electron chi connectivity index (χ0n) is 6.89. The fourth-order valence-electron chi connectivity index (χ4n) is 1.52. The van der Waals surface area contributed by atoms with Crippen molar-refractivity contribution in [2.75, 3.05) is 0 Å². The molecule has 1 rings (SSSR count). The maximum absolute atomic E-state index is 10.7. The van der Waals surface area contributed by atoms with E-state index in [1.165, 1.54) is 18.0 Å². The normalized spacial score (nSPS) is 20.0. The molecule has 0 aromatic carbocycles. The number of aliphatic carboxylic acids is 1. The summed E-state index contributed by atoms with van der Waals surface area (Å²) in [4.78, 5) is 10.7. The van der Waals surface area contributed by atoms with E-state index in [2.05, 4.69) is 0 Å². The second-order valence-corrected chi connectivity index (χ2v) is 4.33. The molecule has 0 aromatic rings. The van der Waals surface area contributed by atoms with Gasteiger partial charge in [0.2, 0.25) is 0 Å². The van der Waals surface area contributed by atoms with Gasteiger partial charge < -0.3 is 5.11 Å². The molecule has 1 aliphatic carbocycles. The highest BCUT2D eigenvalue weighted by Gasteiger charge is 2.13. The summed E-state index contributed by atoms with van der Waals surface area (Å²) in [6, 6.07) is 0. The average Bonchev–Trinajstić information content (AvgIpc) is 2.13. The molecule has 0 heterocycles. The second-order valence-electron chi connectivity index (χ2n) is 3.12. The van der Waals surface area contributed by atoms with E-state index in [-0.39, 0.29) is 0 Å². The van der Waals surface area contributed by atoms with E-state index >= 15 is 0 Å². The lowest BCUT2D eigenvalue weighted by molar-refractivity contribution is -0.132. The molecule has 0 spiro atoms. The molecule has 62 valence electrons. The van der Waals surface area contributed by atoms with E-state index in [4.69, 9.17) is 5.11 Å². The van der Waals surface area contributed by atoms with Crippen LogP contribution in [0.15, 0.2) is 10.8 Å². The summed E-state index contributed by atoms with van der Waals surface area (Å²) in [5.41, 5.74) is 0.717. The van der Waals surface area contributed by atoms with Gasteiger partial charge in [-0.2, -0.15) is 0 Å². The number of hydrogen-bond acceptors (Lipinski definition) is 1. The average molecular weight is 170 g/mol. The van der Waals surface area contributed by atoms with E-state index in [1.54, 1.807) is 0 Å². The highest BCUT2D eigenvalue weighted by Crippen LogP contribution is 2.21. The first-order valence-electron chi connectivity index (χ1n) is 4.13. The van der Waals surface area contributed by atoms with Gasteiger partial charge in [-0.3, -0.25) is 0 Å². The minimum absolute atomic E-state index is 0.683. The minimum atomic E-state index is -0.683. The molecule has 11 heavy (non-hydrogen) atoms. The smallest absolute Gasteiger partial charge is 0.331 e. The summed E-state index contributed by atoms with van der Waals surface area (Å²) in [6.07, 6.45) is 5.29. The molecule has 0 bridgehead atoms. The molecule has 0 radical (unpaired) electrons. The van der Waals surface area contributed by atoms with Crippen LogP contribution in [-0.4, -0.2) is 21.3 Å². The van der Waals surface area contributed by atoms with Crippen molar-refractivity contribution < 1.29 is 9.90 Å². The SMILES string of the molecule is O=C(O)C1=C([SiH3])CCCCC1. The van der Waals surface area contributed by atoms with Crippen molar-refractivity contribution in [1.82, 2.24) is 0 Å². The number of carboxylic acid groups (broad SMARTS) is 1. The van der Waals surface area contributed by atoms with E-state index in [1.807, 2.05) is 0 Å². The predicted octanol–water partition coefficient (Wildman–Crippen LogP) is 0.655. The Kier molecular flexibility index (Phi) is 2.88. The summed E-state index contributed by atoms with van der Waals surface area (Å²) in [5.74, 6) is -0.683. The van der Waals surface area contributed by atoms with Gasteiger partial charge in [0.1, 0.15) is 0 Å². The fourth-order valence-corrected chi connectivity index (χ4v) is 2.34. The van der Waals surface area contributed by atoms with Gasteiger partial charge in [-0.25, -0.2) is 4.79 Å². The van der Waals surface area contributed by atoms with Crippen LogP contribution in [0.25, 0.3) is 0 Å². The maximum atomic E-state index is 10.7. The van der Waals surface area contributed by atoms with Crippen molar-refractivity contribution in [2.45, 2.75) is 32.1 Å². The van der Waals surface area contributed by atoms with Crippen molar-refractivity contribution in [2.24, 2.45) is 0 Å². The molecule has 0 fully saturated rings. The van der Waals surface area contributed by atoms with Crippen LogP contribution in [-0.2, 0) is 4.79 Å². The number of allylic oxidation sites excluding steroid dienone is 1. The molecule has 0 amide bonds. The Morgan fingerprint density at radius 2 is 1.91 bits per heavy atom. The maximum Gasteiger partial charge on any atom is 0.331 e. The molecule has 2 nitrogen and oxygen atoms in total. The van der Waals surface area contributed by atoms with E-state index in [0.717, 1.165) is 29.5 Å². The van der Waals surface area contributed by atoms with Crippen LogP contribution in [0.2, 0.25) is 0 Å². The van der Waals surface area contributed by atoms with E-state index in [9.17, 15) is 4.79 Å². The Balaban J connectivity index is 2.76. The largest absolute Gasteiger partial charge is 0.478 e. The van der Waals surface area contributed by atoms with Crippen molar-refractivity contribution >= 4 is 16.2 Å². The standard InChI is InChI=1S/C8H14O2Si/c9-8(10)6-4-2-1-3-5-7(6)11/h1-5H2,11H3,(H,9,10). The molecule has 0 saturated heterocycles. The quantitative estimate of drug-likeness (QED) is 0.587. The van der Waals surface area contributed by atoms with Gasteiger partial charge in [-0.05, 0) is 25.7 Å². The molecular formula is C8H14O2Si. The third kappa shape index (κ3) is 2.18. The van der Waals surface area contributed by atoms with Crippen LogP contribution < -0.4 is 0 Å². The van der Waals surface area contributed by atoms with Gasteiger partial charge in [0.05, 0.1) is 0 Å². The number of hydrogen-bond donors (Lipinski definition) is 1. The molecule has 1 aliphatic rings. The van der Waals surface area contributed by atoms with Crippen molar-refractivity contribution in [3.05, 3.63) is 10.8 Å². The molecule has 0 saturated carbocycles. The summed E-state index contributed by atoms with van der Waals surface area (Å²) >= 11 is 0. The van der Waals surface area contributed by atoms with Gasteiger partial charge in [0.15, 0.2) is 0 Å². The predicted molar refractivity (Wildman–Crippen MR) is 47.7 cm³/mol. The number of carboxylic acids is 1. The van der Waals surface area contributed by atoms with Gasteiger partial charge in [-0.1, -0.05) is 11.6 Å². The first kappa shape index (κ1) is 8.52. The molecule has 0 aromatic heterocycles. The molecule has 0 unspecified atom stereocenters. The summed E-state index contributed by atoms with van der Waals surface area (Å²) in [7, 11) is 0.928. The van der Waals surface area contributed by atoms with E-state index < -0.39 is 5.97 Å². The Bertz CT molecular complexity index is 196. The van der Waals surface area contributed by atoms with Crippen LogP contribution >= 0.6 is 0 Å². The first-order chi connectivity index (χ1) is 5.22. The minimum Gasteiger partial charge on any atom is -0.478 e. The molecule has 0 aliphatic heterocycles. The zero-order chi connectivity index (χ0) is 8.27. The van der Waals surface area contributed by atoms with Crippen LogP contribution in [0.4, 0.5) is 0 Å². The lowest BCUT2D eigenvalue weighted by atomic mass is 10.1. The highest BCUT2D eigenvalue weighted by molar-refractivity contribution is 6.24. The van der Waals surface area contributed by atoms with Crippen molar-refractivity contribution in [3.63, 3.8) is 0 Å². The van der Waals surface area contributed by atoms with Crippen LogP contribution in [0.5, 0.6) is 0 Å². The van der Waals surface area contributed by atoms with Gasteiger partial charge in [0.25, 0.3) is 0 Å². The number of rotatable bonds is 1. The number of carbonyl (C=O) groups is 1. The second kappa shape index (κ2) is 3.71. The summed E-state index contributed by atoms with van der Waals surface area (Å²) in [6.45, 7) is 0. The van der Waals surface area contributed by atoms with Gasteiger partial charge in [0, 0.05) is 15.8 Å². The highest BCUT2D eigenvalue weighted by atomic mass is 28.1. The fraction of sp³-hybridized carbons (Fsp3) is 0.625. The third-order valence-corrected chi connectivity index (χ3v) is 3.36.